The van der Waals surface area contributed by atoms with Crippen LogP contribution in [0.25, 0.3) is 0 Å². The summed E-state index contributed by atoms with van der Waals surface area (Å²) in [4.78, 5) is 38.2. The molecule has 0 saturated carbocycles. The molecule has 0 aromatic heterocycles. The van der Waals surface area contributed by atoms with Crippen LogP contribution in [-0.2, 0) is 28.6 Å². The lowest BCUT2D eigenvalue weighted by atomic mass is 10.0. The summed E-state index contributed by atoms with van der Waals surface area (Å²) in [5.41, 5.74) is 0. The topological polar surface area (TPSA) is 78.9 Å². The molecular formula is C63H108O6. The molecule has 0 aliphatic heterocycles. The second kappa shape index (κ2) is 57.2. The summed E-state index contributed by atoms with van der Waals surface area (Å²) in [6.07, 6.45) is 74.3. The van der Waals surface area contributed by atoms with Crippen LogP contribution in [0.1, 0.15) is 278 Å². The first kappa shape index (κ1) is 65.6. The zero-order valence-corrected chi connectivity index (χ0v) is 45.3. The Balaban J connectivity index is 4.46. The second-order valence-electron chi connectivity index (χ2n) is 19.2. The lowest BCUT2D eigenvalue weighted by molar-refractivity contribution is -0.167. The quantitative estimate of drug-likeness (QED) is 0.0262. The van der Waals surface area contributed by atoms with Crippen molar-refractivity contribution >= 4 is 17.9 Å². The highest BCUT2D eigenvalue weighted by molar-refractivity contribution is 5.71. The maximum atomic E-state index is 12.9. The van der Waals surface area contributed by atoms with Gasteiger partial charge in [0.1, 0.15) is 13.2 Å². The number of rotatable bonds is 52. The Kier molecular flexibility index (Phi) is 54.3. The predicted octanol–water partition coefficient (Wildman–Crippen LogP) is 19.5. The second-order valence-corrected chi connectivity index (χ2v) is 19.2. The summed E-state index contributed by atoms with van der Waals surface area (Å²) in [7, 11) is 0. The van der Waals surface area contributed by atoms with Crippen molar-refractivity contribution in [3.63, 3.8) is 0 Å². The smallest absolute Gasteiger partial charge is 0.306 e. The van der Waals surface area contributed by atoms with Gasteiger partial charge in [-0.15, -0.1) is 0 Å². The molecule has 0 aliphatic rings. The van der Waals surface area contributed by atoms with Crippen molar-refractivity contribution in [2.24, 2.45) is 0 Å². The number of ether oxygens (including phenoxy) is 3. The molecule has 0 amide bonds. The Labute approximate surface area is 426 Å². The van der Waals surface area contributed by atoms with Gasteiger partial charge in [-0.3, -0.25) is 14.4 Å². The van der Waals surface area contributed by atoms with E-state index in [1.54, 1.807) is 0 Å². The van der Waals surface area contributed by atoms with Gasteiger partial charge < -0.3 is 14.2 Å². The molecule has 0 bridgehead atoms. The van der Waals surface area contributed by atoms with Gasteiger partial charge in [-0.2, -0.15) is 0 Å². The molecule has 6 heteroatoms. The summed E-state index contributed by atoms with van der Waals surface area (Å²) in [5.74, 6) is -0.931. The summed E-state index contributed by atoms with van der Waals surface area (Å²) in [6, 6.07) is 0. The molecule has 396 valence electrons. The van der Waals surface area contributed by atoms with Crippen molar-refractivity contribution in [2.75, 3.05) is 13.2 Å². The minimum atomic E-state index is -0.798. The van der Waals surface area contributed by atoms with Gasteiger partial charge in [-0.25, -0.2) is 0 Å². The largest absolute Gasteiger partial charge is 0.462 e. The molecule has 69 heavy (non-hydrogen) atoms. The molecular weight excluding hydrogens is 853 g/mol. The molecule has 0 heterocycles. The third-order valence-corrected chi connectivity index (χ3v) is 12.4. The molecule has 0 radical (unpaired) electrons. The van der Waals surface area contributed by atoms with E-state index in [1.165, 1.54) is 116 Å². The van der Waals surface area contributed by atoms with Gasteiger partial charge in [0.2, 0.25) is 0 Å². The van der Waals surface area contributed by atoms with Gasteiger partial charge in [0.05, 0.1) is 0 Å². The third-order valence-electron chi connectivity index (χ3n) is 12.4. The molecule has 0 unspecified atom stereocenters. The lowest BCUT2D eigenvalue weighted by Crippen LogP contribution is -2.30. The zero-order chi connectivity index (χ0) is 50.0. The Morgan fingerprint density at radius 3 is 0.913 bits per heavy atom. The van der Waals surface area contributed by atoms with Gasteiger partial charge in [0, 0.05) is 19.3 Å². The van der Waals surface area contributed by atoms with Gasteiger partial charge in [-0.1, -0.05) is 247 Å². The Bertz CT molecular complexity index is 1330. The van der Waals surface area contributed by atoms with Gasteiger partial charge in [-0.05, 0) is 96.3 Å². The molecule has 6 nitrogen and oxygen atoms in total. The normalized spacial score (nSPS) is 12.7. The third kappa shape index (κ3) is 55.4. The molecule has 0 aromatic rings. The van der Waals surface area contributed by atoms with Crippen LogP contribution in [0, 0.1) is 0 Å². The number of carbonyl (C=O) groups is 3. The van der Waals surface area contributed by atoms with Crippen LogP contribution in [0.15, 0.2) is 85.1 Å². The predicted molar refractivity (Wildman–Crippen MR) is 297 cm³/mol. The Morgan fingerprint density at radius 1 is 0.304 bits per heavy atom. The molecule has 0 N–H and O–H groups in total. The van der Waals surface area contributed by atoms with Crippen molar-refractivity contribution in [3.05, 3.63) is 85.1 Å². The van der Waals surface area contributed by atoms with Gasteiger partial charge in [0.15, 0.2) is 6.10 Å². The fourth-order valence-corrected chi connectivity index (χ4v) is 8.03. The van der Waals surface area contributed by atoms with E-state index in [0.717, 1.165) is 122 Å². The van der Waals surface area contributed by atoms with Crippen LogP contribution in [0.2, 0.25) is 0 Å². The van der Waals surface area contributed by atoms with E-state index in [9.17, 15) is 14.4 Å². The Hall–Kier alpha value is -3.41. The van der Waals surface area contributed by atoms with Gasteiger partial charge in [0.25, 0.3) is 0 Å². The number of esters is 3. The fraction of sp³-hybridized carbons (Fsp3) is 0.730. The minimum absolute atomic E-state index is 0.0921. The number of hydrogen-bond donors (Lipinski definition) is 0. The number of allylic oxidation sites excluding steroid dienone is 14. The van der Waals surface area contributed by atoms with E-state index >= 15 is 0 Å². The average molecular weight is 962 g/mol. The van der Waals surface area contributed by atoms with Crippen molar-refractivity contribution in [1.29, 1.82) is 0 Å². The molecule has 0 rings (SSSR count). The molecule has 0 spiro atoms. The first-order valence-electron chi connectivity index (χ1n) is 29.1. The Morgan fingerprint density at radius 2 is 0.565 bits per heavy atom. The number of hydrogen-bond acceptors (Lipinski definition) is 6. The fourth-order valence-electron chi connectivity index (χ4n) is 8.03. The molecule has 1 atom stereocenters. The van der Waals surface area contributed by atoms with Crippen molar-refractivity contribution in [2.45, 2.75) is 284 Å². The SMILES string of the molecule is CC/C=C\C/C=C\C/C=C\C/C=C\CCCCCCC(=O)O[C@H](COC(=O)CCCCCC/C=C\C/C=C\C/C=C\CCCCC)COC(=O)CCCCCCCCCCCCCCCCCCC. The lowest BCUT2D eigenvalue weighted by Gasteiger charge is -2.18. The standard InChI is InChI=1S/C63H108O6/c1-4-7-10-13-16-19-22-25-28-31-34-37-40-43-46-49-52-55-61(64)67-58-60(69-63(66)57-54-51-48-45-42-39-36-33-30-27-24-21-18-15-12-9-6-3)59-68-62(65)56-53-50-47-44-41-38-35-32-29-26-23-20-17-14-11-8-5-2/h9,12,16,18-19,21,25,27-28,30,34,36-37,39,60H,4-8,10-11,13-15,17,20,22-24,26,29,31-33,35,38,40-59H2,1-3H3/b12-9-,19-16-,21-18-,28-25-,30-27-,37-34-,39-36-/t60-/m1/s1. The van der Waals surface area contributed by atoms with Crippen LogP contribution >= 0.6 is 0 Å². The van der Waals surface area contributed by atoms with E-state index in [4.69, 9.17) is 14.2 Å². The van der Waals surface area contributed by atoms with E-state index in [-0.39, 0.29) is 31.1 Å². The van der Waals surface area contributed by atoms with Crippen LogP contribution in [0.5, 0.6) is 0 Å². The number of unbranched alkanes of at least 4 members (excludes halogenated alkanes) is 27. The molecule has 0 fully saturated rings. The average Bonchev–Trinajstić information content (AvgIpc) is 3.35. The summed E-state index contributed by atoms with van der Waals surface area (Å²) in [5, 5.41) is 0. The van der Waals surface area contributed by atoms with E-state index in [0.29, 0.717) is 19.3 Å². The summed E-state index contributed by atoms with van der Waals surface area (Å²) < 4.78 is 16.8. The minimum Gasteiger partial charge on any atom is -0.462 e. The van der Waals surface area contributed by atoms with E-state index in [2.05, 4.69) is 106 Å². The van der Waals surface area contributed by atoms with Crippen LogP contribution in [0.3, 0.4) is 0 Å². The maximum Gasteiger partial charge on any atom is 0.306 e. The van der Waals surface area contributed by atoms with Crippen LogP contribution in [-0.4, -0.2) is 37.2 Å². The first-order valence-corrected chi connectivity index (χ1v) is 29.1. The summed E-state index contributed by atoms with van der Waals surface area (Å²) >= 11 is 0. The molecule has 0 aliphatic carbocycles. The van der Waals surface area contributed by atoms with Crippen molar-refractivity contribution in [3.8, 4) is 0 Å². The highest BCUT2D eigenvalue weighted by Gasteiger charge is 2.19. The van der Waals surface area contributed by atoms with Crippen molar-refractivity contribution < 1.29 is 28.6 Å². The van der Waals surface area contributed by atoms with Crippen LogP contribution < -0.4 is 0 Å². The van der Waals surface area contributed by atoms with Crippen molar-refractivity contribution in [1.82, 2.24) is 0 Å². The highest BCUT2D eigenvalue weighted by Crippen LogP contribution is 2.16. The number of carbonyl (C=O) groups excluding carboxylic acids is 3. The molecule has 0 aromatic carbocycles. The molecule has 0 saturated heterocycles. The summed E-state index contributed by atoms with van der Waals surface area (Å²) in [6.45, 7) is 6.48. The van der Waals surface area contributed by atoms with Crippen LogP contribution in [0.4, 0.5) is 0 Å². The van der Waals surface area contributed by atoms with E-state index in [1.807, 2.05) is 0 Å². The zero-order valence-electron chi connectivity index (χ0n) is 45.3. The van der Waals surface area contributed by atoms with Gasteiger partial charge >= 0.3 is 17.9 Å². The maximum absolute atomic E-state index is 12.9. The monoisotopic (exact) mass is 961 g/mol. The highest BCUT2D eigenvalue weighted by atomic mass is 16.6. The van der Waals surface area contributed by atoms with E-state index < -0.39 is 6.10 Å². The first-order chi connectivity index (χ1) is 34.0.